The van der Waals surface area contributed by atoms with Gasteiger partial charge >= 0.3 is 0 Å². The molecule has 0 heterocycles. The number of rotatable bonds is 4. The summed E-state index contributed by atoms with van der Waals surface area (Å²) in [6, 6.07) is 46.4. The van der Waals surface area contributed by atoms with Crippen molar-refractivity contribution in [2.24, 2.45) is 0 Å². The normalized spacial score (nSPS) is 16.0. The SMILES string of the molecule is Cc1cc(C)c(-c2ccccc2N(c2ccc3c(c2)C(C)(C)c2ccccc2-3)c2ccc3c(c2)C2(CCCC2)c2ccccc2-3)c(C)c1. The van der Waals surface area contributed by atoms with Gasteiger partial charge in [0.25, 0.3) is 0 Å². The predicted octanol–water partition coefficient (Wildman–Crippen LogP) is 12.9. The van der Waals surface area contributed by atoms with Gasteiger partial charge in [0.05, 0.1) is 5.69 Å². The zero-order valence-corrected chi connectivity index (χ0v) is 28.8. The van der Waals surface area contributed by atoms with Gasteiger partial charge in [-0.2, -0.15) is 0 Å². The highest BCUT2D eigenvalue weighted by atomic mass is 15.1. The largest absolute Gasteiger partial charge is 0.310 e. The molecule has 1 spiro atoms. The molecular formula is C47H43N. The Balaban J connectivity index is 1.30. The van der Waals surface area contributed by atoms with Gasteiger partial charge < -0.3 is 4.90 Å². The van der Waals surface area contributed by atoms with Crippen molar-refractivity contribution in [1.82, 2.24) is 0 Å². The third kappa shape index (κ3) is 4.10. The predicted molar refractivity (Wildman–Crippen MR) is 203 cm³/mol. The molecule has 0 unspecified atom stereocenters. The molecule has 0 radical (unpaired) electrons. The number of fused-ring (bicyclic) bond motifs is 8. The van der Waals surface area contributed by atoms with Crippen molar-refractivity contribution in [2.45, 2.75) is 71.1 Å². The summed E-state index contributed by atoms with van der Waals surface area (Å²) >= 11 is 0. The van der Waals surface area contributed by atoms with Crippen LogP contribution < -0.4 is 4.90 Å². The summed E-state index contributed by atoms with van der Waals surface area (Å²) < 4.78 is 0. The summed E-state index contributed by atoms with van der Waals surface area (Å²) in [6.45, 7) is 11.5. The minimum atomic E-state index is -0.0786. The van der Waals surface area contributed by atoms with Crippen LogP contribution in [0.1, 0.15) is 78.5 Å². The smallest absolute Gasteiger partial charge is 0.0540 e. The van der Waals surface area contributed by atoms with Gasteiger partial charge in [-0.15, -0.1) is 0 Å². The Hall–Kier alpha value is -4.88. The Labute approximate surface area is 285 Å². The molecule has 0 aliphatic heterocycles. The average Bonchev–Trinajstić information content (AvgIpc) is 3.75. The van der Waals surface area contributed by atoms with Gasteiger partial charge in [-0.1, -0.05) is 123 Å². The maximum Gasteiger partial charge on any atom is 0.0540 e. The van der Waals surface area contributed by atoms with Crippen LogP contribution in [0.5, 0.6) is 0 Å². The van der Waals surface area contributed by atoms with Crippen molar-refractivity contribution >= 4 is 17.1 Å². The molecule has 0 atom stereocenters. The Morgan fingerprint density at radius 2 is 0.979 bits per heavy atom. The third-order valence-electron chi connectivity index (χ3n) is 11.9. The molecule has 9 rings (SSSR count). The molecule has 3 aliphatic rings. The first-order valence-corrected chi connectivity index (χ1v) is 17.7. The fourth-order valence-corrected chi connectivity index (χ4v) is 9.84. The van der Waals surface area contributed by atoms with Gasteiger partial charge in [-0.05, 0) is 125 Å². The van der Waals surface area contributed by atoms with Crippen LogP contribution in [0.25, 0.3) is 33.4 Å². The van der Waals surface area contributed by atoms with Crippen molar-refractivity contribution in [3.63, 3.8) is 0 Å². The lowest BCUT2D eigenvalue weighted by molar-refractivity contribution is 0.550. The third-order valence-corrected chi connectivity index (χ3v) is 11.9. The van der Waals surface area contributed by atoms with E-state index in [1.165, 1.54) is 115 Å². The Morgan fingerprint density at radius 3 is 1.65 bits per heavy atom. The molecule has 6 aromatic carbocycles. The second-order valence-corrected chi connectivity index (χ2v) is 15.1. The molecule has 1 fully saturated rings. The minimum Gasteiger partial charge on any atom is -0.310 e. The van der Waals surface area contributed by atoms with Crippen LogP contribution in [-0.4, -0.2) is 0 Å². The summed E-state index contributed by atoms with van der Waals surface area (Å²) in [5.74, 6) is 0. The standard InChI is InChI=1S/C47H43N/c1-30-26-31(2)45(32(3)27-30)39-16-8-11-19-44(39)48(33-20-22-37-35-14-6-9-17-40(35)46(4,5)42(37)28-33)34-21-23-38-36-15-7-10-18-41(36)47(43(38)29-34)24-12-13-25-47/h6-11,14-23,26-29H,12-13,24-25H2,1-5H3. The van der Waals surface area contributed by atoms with Crippen LogP contribution in [0, 0.1) is 20.8 Å². The molecule has 1 saturated carbocycles. The lowest BCUT2D eigenvalue weighted by Gasteiger charge is -2.32. The lowest BCUT2D eigenvalue weighted by atomic mass is 9.76. The number of anilines is 3. The van der Waals surface area contributed by atoms with Gasteiger partial charge in [-0.3, -0.25) is 0 Å². The summed E-state index contributed by atoms with van der Waals surface area (Å²) in [7, 11) is 0. The molecule has 0 N–H and O–H groups in total. The number of benzene rings is 6. The fourth-order valence-electron chi connectivity index (χ4n) is 9.84. The molecule has 1 heteroatoms. The van der Waals surface area contributed by atoms with Gasteiger partial charge in [0.1, 0.15) is 0 Å². The lowest BCUT2D eigenvalue weighted by Crippen LogP contribution is -2.21. The minimum absolute atomic E-state index is 0.0786. The topological polar surface area (TPSA) is 3.24 Å². The first kappa shape index (κ1) is 29.3. The molecule has 1 nitrogen and oxygen atoms in total. The monoisotopic (exact) mass is 621 g/mol. The zero-order valence-electron chi connectivity index (χ0n) is 28.8. The van der Waals surface area contributed by atoms with E-state index in [9.17, 15) is 0 Å². The van der Waals surface area contributed by atoms with Crippen LogP contribution in [0.3, 0.4) is 0 Å². The molecule has 0 aromatic heterocycles. The highest BCUT2D eigenvalue weighted by Gasteiger charge is 2.45. The average molecular weight is 622 g/mol. The Kier molecular flexibility index (Phi) is 6.44. The molecule has 0 amide bonds. The van der Waals surface area contributed by atoms with Gasteiger partial charge in [0.15, 0.2) is 0 Å². The van der Waals surface area contributed by atoms with E-state index in [-0.39, 0.29) is 10.8 Å². The Morgan fingerprint density at radius 1 is 0.479 bits per heavy atom. The number of para-hydroxylation sites is 1. The maximum absolute atomic E-state index is 2.55. The van der Waals surface area contributed by atoms with E-state index in [4.69, 9.17) is 0 Å². The first-order chi connectivity index (χ1) is 23.3. The number of nitrogens with zero attached hydrogens (tertiary/aromatic N) is 1. The number of hydrogen-bond acceptors (Lipinski definition) is 1. The number of hydrogen-bond donors (Lipinski definition) is 0. The van der Waals surface area contributed by atoms with E-state index in [1.807, 2.05) is 0 Å². The van der Waals surface area contributed by atoms with Gasteiger partial charge in [-0.25, -0.2) is 0 Å². The van der Waals surface area contributed by atoms with E-state index in [2.05, 4.69) is 161 Å². The molecule has 6 aromatic rings. The van der Waals surface area contributed by atoms with Crippen LogP contribution in [0.2, 0.25) is 0 Å². The molecular weight excluding hydrogens is 579 g/mol. The van der Waals surface area contributed by atoms with Crippen LogP contribution >= 0.6 is 0 Å². The first-order valence-electron chi connectivity index (χ1n) is 17.7. The van der Waals surface area contributed by atoms with E-state index >= 15 is 0 Å². The summed E-state index contributed by atoms with van der Waals surface area (Å²) in [5, 5.41) is 0. The fraction of sp³-hybridized carbons (Fsp3) is 0.234. The maximum atomic E-state index is 2.55. The highest BCUT2D eigenvalue weighted by Crippen LogP contribution is 2.58. The Bertz CT molecular complexity index is 2240. The number of aryl methyl sites for hydroxylation is 3. The van der Waals surface area contributed by atoms with Crippen molar-refractivity contribution in [3.05, 3.63) is 160 Å². The van der Waals surface area contributed by atoms with Crippen molar-refractivity contribution < 1.29 is 0 Å². The van der Waals surface area contributed by atoms with Crippen molar-refractivity contribution in [2.75, 3.05) is 4.90 Å². The summed E-state index contributed by atoms with van der Waals surface area (Å²) in [5.41, 5.74) is 21.7. The molecule has 3 aliphatic carbocycles. The molecule has 236 valence electrons. The van der Waals surface area contributed by atoms with Crippen LogP contribution in [0.15, 0.2) is 121 Å². The summed E-state index contributed by atoms with van der Waals surface area (Å²) in [6.07, 6.45) is 5.03. The van der Waals surface area contributed by atoms with E-state index < -0.39 is 0 Å². The molecule has 0 saturated heterocycles. The molecule has 0 bridgehead atoms. The van der Waals surface area contributed by atoms with E-state index in [1.54, 1.807) is 0 Å². The highest BCUT2D eigenvalue weighted by molar-refractivity contribution is 5.93. The zero-order chi connectivity index (χ0) is 32.8. The van der Waals surface area contributed by atoms with Gasteiger partial charge in [0, 0.05) is 27.8 Å². The second kappa shape index (κ2) is 10.6. The van der Waals surface area contributed by atoms with E-state index in [0.717, 1.165) is 0 Å². The van der Waals surface area contributed by atoms with Crippen LogP contribution in [0.4, 0.5) is 17.1 Å². The summed E-state index contributed by atoms with van der Waals surface area (Å²) in [4.78, 5) is 2.55. The van der Waals surface area contributed by atoms with Crippen molar-refractivity contribution in [3.8, 4) is 33.4 Å². The molecule has 48 heavy (non-hydrogen) atoms. The van der Waals surface area contributed by atoms with Crippen LogP contribution in [-0.2, 0) is 10.8 Å². The van der Waals surface area contributed by atoms with Crippen molar-refractivity contribution in [1.29, 1.82) is 0 Å². The second-order valence-electron chi connectivity index (χ2n) is 15.1. The van der Waals surface area contributed by atoms with E-state index in [0.29, 0.717) is 0 Å². The quantitative estimate of drug-likeness (QED) is 0.189. The van der Waals surface area contributed by atoms with Gasteiger partial charge in [0.2, 0.25) is 0 Å².